The van der Waals surface area contributed by atoms with Crippen molar-refractivity contribution in [2.24, 2.45) is 0 Å². The fourth-order valence-corrected chi connectivity index (χ4v) is 4.60. The lowest BCUT2D eigenvalue weighted by molar-refractivity contribution is -0.118. The number of rotatable bonds is 7. The van der Waals surface area contributed by atoms with Crippen LogP contribution in [0.1, 0.15) is 16.0 Å². The molecule has 0 fully saturated rings. The van der Waals surface area contributed by atoms with Crippen LogP contribution in [0.2, 0.25) is 0 Å². The van der Waals surface area contributed by atoms with E-state index in [-0.39, 0.29) is 17.2 Å². The molecule has 0 radical (unpaired) electrons. The standard InChI is InChI=1S/C20H21N3O2S2/c1-4-10-23-19(25)17-13(2)14(3)27-18(17)22-20(23)26-12-16(24)21-11-15-8-6-5-7-9-15/h4-9H,1,10-12H2,2-3H3,(H,21,24). The normalized spacial score (nSPS) is 10.9. The van der Waals surface area contributed by atoms with E-state index >= 15 is 0 Å². The molecule has 0 unspecified atom stereocenters. The number of allylic oxidation sites excluding steroid dienone is 1. The first-order valence-corrected chi connectivity index (χ1v) is 10.4. The zero-order chi connectivity index (χ0) is 19.4. The van der Waals surface area contributed by atoms with Crippen molar-refractivity contribution in [3.05, 3.63) is 69.3 Å². The van der Waals surface area contributed by atoms with Gasteiger partial charge in [-0.2, -0.15) is 0 Å². The van der Waals surface area contributed by atoms with E-state index < -0.39 is 0 Å². The highest BCUT2D eigenvalue weighted by atomic mass is 32.2. The third kappa shape index (κ3) is 4.31. The molecule has 0 bridgehead atoms. The van der Waals surface area contributed by atoms with E-state index in [1.807, 2.05) is 44.2 Å². The van der Waals surface area contributed by atoms with Crippen LogP contribution in [-0.4, -0.2) is 21.2 Å². The van der Waals surface area contributed by atoms with Gasteiger partial charge < -0.3 is 5.32 Å². The van der Waals surface area contributed by atoms with Crippen molar-refractivity contribution >= 4 is 39.2 Å². The van der Waals surface area contributed by atoms with E-state index in [0.717, 1.165) is 20.8 Å². The number of benzene rings is 1. The third-order valence-electron chi connectivity index (χ3n) is 4.23. The highest BCUT2D eigenvalue weighted by Crippen LogP contribution is 2.28. The average Bonchev–Trinajstić information content (AvgIpc) is 2.96. The smallest absolute Gasteiger partial charge is 0.263 e. The van der Waals surface area contributed by atoms with Crippen molar-refractivity contribution in [1.29, 1.82) is 0 Å². The van der Waals surface area contributed by atoms with E-state index in [0.29, 0.717) is 23.6 Å². The Morgan fingerprint density at radius 1 is 1.33 bits per heavy atom. The summed E-state index contributed by atoms with van der Waals surface area (Å²) in [5.74, 6) is 0.104. The van der Waals surface area contributed by atoms with Crippen LogP contribution in [0.3, 0.4) is 0 Å². The second-order valence-corrected chi connectivity index (χ2v) is 8.26. The summed E-state index contributed by atoms with van der Waals surface area (Å²) in [6.07, 6.45) is 1.67. The molecule has 0 atom stereocenters. The molecule has 140 valence electrons. The minimum absolute atomic E-state index is 0.0751. The quantitative estimate of drug-likeness (QED) is 0.374. The third-order valence-corrected chi connectivity index (χ3v) is 6.31. The van der Waals surface area contributed by atoms with Crippen LogP contribution in [0.5, 0.6) is 0 Å². The molecular weight excluding hydrogens is 378 g/mol. The number of carbonyl (C=O) groups is 1. The Morgan fingerprint density at radius 3 is 2.78 bits per heavy atom. The Bertz CT molecular complexity index is 1040. The van der Waals surface area contributed by atoms with Crippen molar-refractivity contribution in [2.45, 2.75) is 32.1 Å². The minimum atomic E-state index is -0.0955. The Balaban J connectivity index is 1.77. The van der Waals surface area contributed by atoms with Crippen LogP contribution in [0.4, 0.5) is 0 Å². The number of thioether (sulfide) groups is 1. The van der Waals surface area contributed by atoms with Crippen LogP contribution in [-0.2, 0) is 17.9 Å². The maximum absolute atomic E-state index is 12.9. The van der Waals surface area contributed by atoms with Crippen LogP contribution < -0.4 is 10.9 Å². The van der Waals surface area contributed by atoms with E-state index in [9.17, 15) is 9.59 Å². The molecule has 0 aliphatic carbocycles. The molecule has 0 saturated carbocycles. The second kappa shape index (κ2) is 8.54. The van der Waals surface area contributed by atoms with Gasteiger partial charge in [0.15, 0.2) is 5.16 Å². The highest BCUT2D eigenvalue weighted by Gasteiger charge is 2.17. The summed E-state index contributed by atoms with van der Waals surface area (Å²) in [5, 5.41) is 4.10. The van der Waals surface area contributed by atoms with Gasteiger partial charge in [0.25, 0.3) is 5.56 Å². The van der Waals surface area contributed by atoms with E-state index in [1.165, 1.54) is 23.1 Å². The number of aryl methyl sites for hydroxylation is 2. The van der Waals surface area contributed by atoms with E-state index in [1.54, 1.807) is 10.6 Å². The second-order valence-electron chi connectivity index (χ2n) is 6.11. The van der Waals surface area contributed by atoms with Gasteiger partial charge in [0.05, 0.1) is 11.1 Å². The van der Waals surface area contributed by atoms with Crippen LogP contribution in [0, 0.1) is 13.8 Å². The zero-order valence-electron chi connectivity index (χ0n) is 15.3. The average molecular weight is 400 g/mol. The summed E-state index contributed by atoms with van der Waals surface area (Å²) in [6, 6.07) is 9.75. The SMILES string of the molecule is C=CCn1c(SCC(=O)NCc2ccccc2)nc2sc(C)c(C)c2c1=O. The highest BCUT2D eigenvalue weighted by molar-refractivity contribution is 7.99. The molecule has 3 rings (SSSR count). The minimum Gasteiger partial charge on any atom is -0.351 e. The Hall–Kier alpha value is -2.38. The summed E-state index contributed by atoms with van der Waals surface area (Å²) >= 11 is 2.78. The summed E-state index contributed by atoms with van der Waals surface area (Å²) in [7, 11) is 0. The lowest BCUT2D eigenvalue weighted by Gasteiger charge is -2.10. The summed E-state index contributed by atoms with van der Waals surface area (Å²) in [5.41, 5.74) is 1.94. The van der Waals surface area contributed by atoms with Gasteiger partial charge in [-0.1, -0.05) is 48.2 Å². The first kappa shape index (κ1) is 19.4. The van der Waals surface area contributed by atoms with Crippen molar-refractivity contribution in [3.63, 3.8) is 0 Å². The monoisotopic (exact) mass is 399 g/mol. The number of hydrogen-bond donors (Lipinski definition) is 1. The summed E-state index contributed by atoms with van der Waals surface area (Å²) in [6.45, 7) is 8.51. The van der Waals surface area contributed by atoms with Gasteiger partial charge in [-0.05, 0) is 25.0 Å². The molecule has 1 N–H and O–H groups in total. The maximum Gasteiger partial charge on any atom is 0.263 e. The van der Waals surface area contributed by atoms with Gasteiger partial charge in [0.2, 0.25) is 5.91 Å². The lowest BCUT2D eigenvalue weighted by atomic mass is 10.2. The molecular formula is C20H21N3O2S2. The largest absolute Gasteiger partial charge is 0.351 e. The molecule has 0 aliphatic rings. The summed E-state index contributed by atoms with van der Waals surface area (Å²) < 4.78 is 1.59. The number of amides is 1. The van der Waals surface area contributed by atoms with E-state index in [2.05, 4.69) is 16.9 Å². The Labute approximate surface area is 166 Å². The number of thiophene rings is 1. The van der Waals surface area contributed by atoms with Gasteiger partial charge >= 0.3 is 0 Å². The molecule has 0 spiro atoms. The molecule has 2 heterocycles. The lowest BCUT2D eigenvalue weighted by Crippen LogP contribution is -2.26. The molecule has 0 saturated heterocycles. The number of nitrogens with zero attached hydrogens (tertiary/aromatic N) is 2. The molecule has 0 aliphatic heterocycles. The van der Waals surface area contributed by atoms with Gasteiger partial charge in [-0.3, -0.25) is 14.2 Å². The molecule has 7 heteroatoms. The first-order valence-electron chi connectivity index (χ1n) is 8.56. The molecule has 5 nitrogen and oxygen atoms in total. The fraction of sp³-hybridized carbons (Fsp3) is 0.250. The van der Waals surface area contributed by atoms with Gasteiger partial charge in [0.1, 0.15) is 4.83 Å². The van der Waals surface area contributed by atoms with Crippen molar-refractivity contribution in [2.75, 3.05) is 5.75 Å². The molecule has 3 aromatic rings. The van der Waals surface area contributed by atoms with Crippen molar-refractivity contribution in [3.8, 4) is 0 Å². The number of hydrogen-bond acceptors (Lipinski definition) is 5. The topological polar surface area (TPSA) is 64.0 Å². The van der Waals surface area contributed by atoms with Crippen molar-refractivity contribution in [1.82, 2.24) is 14.9 Å². The van der Waals surface area contributed by atoms with Gasteiger partial charge in [-0.15, -0.1) is 17.9 Å². The number of aromatic nitrogens is 2. The predicted molar refractivity (Wildman–Crippen MR) is 113 cm³/mol. The first-order chi connectivity index (χ1) is 13.0. The summed E-state index contributed by atoms with van der Waals surface area (Å²) in [4.78, 5) is 31.6. The maximum atomic E-state index is 12.9. The van der Waals surface area contributed by atoms with Gasteiger partial charge in [0, 0.05) is 18.0 Å². The van der Waals surface area contributed by atoms with E-state index in [4.69, 9.17) is 0 Å². The van der Waals surface area contributed by atoms with Crippen LogP contribution in [0.25, 0.3) is 10.2 Å². The van der Waals surface area contributed by atoms with Crippen molar-refractivity contribution < 1.29 is 4.79 Å². The molecule has 2 aromatic heterocycles. The fourth-order valence-electron chi connectivity index (χ4n) is 2.69. The number of carbonyl (C=O) groups excluding carboxylic acids is 1. The number of fused-ring (bicyclic) bond motifs is 1. The Kier molecular flexibility index (Phi) is 6.13. The molecule has 27 heavy (non-hydrogen) atoms. The van der Waals surface area contributed by atoms with Crippen LogP contribution in [0.15, 0.2) is 52.9 Å². The number of nitrogens with one attached hydrogen (secondary N) is 1. The molecule has 1 aromatic carbocycles. The predicted octanol–water partition coefficient (Wildman–Crippen LogP) is 3.67. The zero-order valence-corrected chi connectivity index (χ0v) is 17.0. The Morgan fingerprint density at radius 2 is 2.07 bits per heavy atom. The molecule has 1 amide bonds. The van der Waals surface area contributed by atoms with Crippen LogP contribution >= 0.6 is 23.1 Å². The van der Waals surface area contributed by atoms with Gasteiger partial charge in [-0.25, -0.2) is 4.98 Å².